The lowest BCUT2D eigenvalue weighted by atomic mass is 10.1. The zero-order valence-corrected chi connectivity index (χ0v) is 19.0. The van der Waals surface area contributed by atoms with Gasteiger partial charge in [-0.2, -0.15) is 4.68 Å². The van der Waals surface area contributed by atoms with E-state index in [2.05, 4.69) is 62.9 Å². The van der Waals surface area contributed by atoms with E-state index in [1.165, 1.54) is 17.3 Å². The molecule has 1 fully saturated rings. The minimum absolute atomic E-state index is 0.139. The maximum absolute atomic E-state index is 13.1. The van der Waals surface area contributed by atoms with Gasteiger partial charge in [0.2, 0.25) is 11.1 Å². The Morgan fingerprint density at radius 2 is 1.81 bits per heavy atom. The van der Waals surface area contributed by atoms with Gasteiger partial charge < -0.3 is 4.90 Å². The monoisotopic (exact) mass is 436 g/mol. The quantitative estimate of drug-likeness (QED) is 0.553. The van der Waals surface area contributed by atoms with Crippen molar-refractivity contribution in [2.45, 2.75) is 37.7 Å². The smallest absolute Gasteiger partial charge is 0.235 e. The molecule has 1 atom stereocenters. The van der Waals surface area contributed by atoms with Gasteiger partial charge in [-0.25, -0.2) is 0 Å². The predicted octanol–water partition coefficient (Wildman–Crippen LogP) is 3.10. The molecule has 0 N–H and O–H groups in total. The Hall–Kier alpha value is -2.71. The summed E-state index contributed by atoms with van der Waals surface area (Å²) in [6.45, 7) is 10.2. The minimum Gasteiger partial charge on any atom is -0.339 e. The fraction of sp³-hybridized carbons (Fsp3) is 0.391. The summed E-state index contributed by atoms with van der Waals surface area (Å²) < 4.78 is 1.73. The second-order valence-electron chi connectivity index (χ2n) is 8.01. The third-order valence-electron chi connectivity index (χ3n) is 5.60. The van der Waals surface area contributed by atoms with Crippen molar-refractivity contribution >= 4 is 17.7 Å². The summed E-state index contributed by atoms with van der Waals surface area (Å²) in [7, 11) is 0. The number of rotatable bonds is 6. The number of benzene rings is 2. The van der Waals surface area contributed by atoms with E-state index in [1.807, 2.05) is 31.7 Å². The van der Waals surface area contributed by atoms with Gasteiger partial charge in [-0.05, 0) is 54.0 Å². The Morgan fingerprint density at radius 1 is 1.06 bits per heavy atom. The molecule has 3 aromatic rings. The highest BCUT2D eigenvalue weighted by atomic mass is 32.2. The van der Waals surface area contributed by atoms with E-state index >= 15 is 0 Å². The van der Waals surface area contributed by atoms with Crippen LogP contribution in [0.1, 0.15) is 23.6 Å². The first-order valence-corrected chi connectivity index (χ1v) is 11.5. The lowest BCUT2D eigenvalue weighted by molar-refractivity contribution is -0.132. The van der Waals surface area contributed by atoms with E-state index in [0.29, 0.717) is 5.16 Å². The van der Waals surface area contributed by atoms with Crippen LogP contribution in [0.5, 0.6) is 0 Å². The molecule has 1 aromatic heterocycles. The summed E-state index contributed by atoms with van der Waals surface area (Å²) in [4.78, 5) is 17.4. The predicted molar refractivity (Wildman–Crippen MR) is 122 cm³/mol. The lowest BCUT2D eigenvalue weighted by Gasteiger charge is -2.35. The molecule has 2 aromatic carbocycles. The van der Waals surface area contributed by atoms with Gasteiger partial charge in [-0.15, -0.1) is 5.10 Å². The molecule has 1 unspecified atom stereocenters. The second-order valence-corrected chi connectivity index (χ2v) is 9.32. The standard InChI is InChI=1S/C23H28N6OS/c1-17-9-10-18(2)21(15-17)29-23(24-25-26-29)31-19(3)22(30)28-13-11-27(12-14-28)16-20-7-5-4-6-8-20/h4-10,15,19H,11-14,16H2,1-3H3. The van der Waals surface area contributed by atoms with Crippen LogP contribution in [0.2, 0.25) is 0 Å². The maximum Gasteiger partial charge on any atom is 0.235 e. The first-order chi connectivity index (χ1) is 15.0. The van der Waals surface area contributed by atoms with Gasteiger partial charge in [-0.3, -0.25) is 9.69 Å². The molecule has 0 radical (unpaired) electrons. The third-order valence-corrected chi connectivity index (χ3v) is 6.62. The molecule has 1 amide bonds. The van der Waals surface area contributed by atoms with E-state index in [9.17, 15) is 4.79 Å². The Labute approximate surface area is 187 Å². The number of amides is 1. The number of nitrogens with zero attached hydrogens (tertiary/aromatic N) is 6. The molecule has 8 heteroatoms. The van der Waals surface area contributed by atoms with E-state index < -0.39 is 0 Å². The van der Waals surface area contributed by atoms with Crippen molar-refractivity contribution in [2.75, 3.05) is 26.2 Å². The number of aromatic nitrogens is 4. The van der Waals surface area contributed by atoms with Crippen molar-refractivity contribution in [1.29, 1.82) is 0 Å². The molecule has 2 heterocycles. The van der Waals surface area contributed by atoms with Crippen LogP contribution in [-0.4, -0.2) is 67.3 Å². The second kappa shape index (κ2) is 9.62. The molecule has 0 saturated carbocycles. The SMILES string of the molecule is Cc1ccc(C)c(-n2nnnc2SC(C)C(=O)N2CCN(Cc3ccccc3)CC2)c1. The first-order valence-electron chi connectivity index (χ1n) is 10.6. The average Bonchev–Trinajstić information content (AvgIpc) is 3.24. The van der Waals surface area contributed by atoms with E-state index in [1.54, 1.807) is 4.68 Å². The maximum atomic E-state index is 13.1. The molecule has 0 aliphatic carbocycles. The molecule has 4 rings (SSSR count). The van der Waals surface area contributed by atoms with Crippen LogP contribution in [0, 0.1) is 13.8 Å². The van der Waals surface area contributed by atoms with Gasteiger partial charge in [-0.1, -0.05) is 54.2 Å². The van der Waals surface area contributed by atoms with Crippen molar-refractivity contribution in [3.05, 3.63) is 65.2 Å². The van der Waals surface area contributed by atoms with Crippen LogP contribution in [0.3, 0.4) is 0 Å². The van der Waals surface area contributed by atoms with Crippen LogP contribution in [0.15, 0.2) is 53.7 Å². The highest BCUT2D eigenvalue weighted by Crippen LogP contribution is 2.26. The van der Waals surface area contributed by atoms with Crippen LogP contribution in [0.4, 0.5) is 0 Å². The number of piperazine rings is 1. The minimum atomic E-state index is -0.254. The number of carbonyl (C=O) groups excluding carboxylic acids is 1. The van der Waals surface area contributed by atoms with Crippen LogP contribution in [0.25, 0.3) is 5.69 Å². The summed E-state index contributed by atoms with van der Waals surface area (Å²) in [6, 6.07) is 16.7. The summed E-state index contributed by atoms with van der Waals surface area (Å²) in [5, 5.41) is 12.6. The molecular weight excluding hydrogens is 408 g/mol. The number of thioether (sulfide) groups is 1. The number of tetrazole rings is 1. The molecule has 1 saturated heterocycles. The van der Waals surface area contributed by atoms with Crippen molar-refractivity contribution in [3.8, 4) is 5.69 Å². The van der Waals surface area contributed by atoms with Gasteiger partial charge in [0.25, 0.3) is 0 Å². The zero-order chi connectivity index (χ0) is 21.8. The highest BCUT2D eigenvalue weighted by molar-refractivity contribution is 8.00. The Bertz CT molecular complexity index is 1030. The molecule has 162 valence electrons. The number of carbonyl (C=O) groups is 1. The van der Waals surface area contributed by atoms with Gasteiger partial charge in [0.15, 0.2) is 0 Å². The molecular formula is C23H28N6OS. The topological polar surface area (TPSA) is 67.2 Å². The summed E-state index contributed by atoms with van der Waals surface area (Å²) >= 11 is 1.41. The summed E-state index contributed by atoms with van der Waals surface area (Å²) in [6.07, 6.45) is 0. The van der Waals surface area contributed by atoms with Gasteiger partial charge in [0.05, 0.1) is 10.9 Å². The number of hydrogen-bond acceptors (Lipinski definition) is 6. The van der Waals surface area contributed by atoms with Crippen LogP contribution in [-0.2, 0) is 11.3 Å². The Balaban J connectivity index is 1.36. The fourth-order valence-electron chi connectivity index (χ4n) is 3.78. The van der Waals surface area contributed by atoms with Gasteiger partial charge in [0, 0.05) is 32.7 Å². The van der Waals surface area contributed by atoms with Crippen molar-refractivity contribution in [2.24, 2.45) is 0 Å². The average molecular weight is 437 g/mol. The van der Waals surface area contributed by atoms with Crippen molar-refractivity contribution in [3.63, 3.8) is 0 Å². The zero-order valence-electron chi connectivity index (χ0n) is 18.2. The normalized spacial score (nSPS) is 15.8. The van der Waals surface area contributed by atoms with Crippen molar-refractivity contribution < 1.29 is 4.79 Å². The molecule has 1 aliphatic rings. The Kier molecular flexibility index (Phi) is 6.67. The summed E-state index contributed by atoms with van der Waals surface area (Å²) in [5.41, 5.74) is 4.49. The third kappa shape index (κ3) is 5.14. The van der Waals surface area contributed by atoms with Crippen LogP contribution >= 0.6 is 11.8 Å². The van der Waals surface area contributed by atoms with Gasteiger partial charge >= 0.3 is 0 Å². The van der Waals surface area contributed by atoms with E-state index in [4.69, 9.17) is 0 Å². The van der Waals surface area contributed by atoms with E-state index in [0.717, 1.165) is 49.5 Å². The Morgan fingerprint density at radius 3 is 2.55 bits per heavy atom. The highest BCUT2D eigenvalue weighted by Gasteiger charge is 2.27. The molecule has 31 heavy (non-hydrogen) atoms. The summed E-state index contributed by atoms with van der Waals surface area (Å²) in [5.74, 6) is 0.139. The molecule has 7 nitrogen and oxygen atoms in total. The van der Waals surface area contributed by atoms with Gasteiger partial charge in [0.1, 0.15) is 0 Å². The molecule has 0 bridgehead atoms. The molecule has 0 spiro atoms. The first kappa shape index (κ1) is 21.5. The largest absolute Gasteiger partial charge is 0.339 e. The number of aryl methyl sites for hydroxylation is 2. The molecule has 1 aliphatic heterocycles. The van der Waals surface area contributed by atoms with Crippen LogP contribution < -0.4 is 0 Å². The number of hydrogen-bond donors (Lipinski definition) is 0. The fourth-order valence-corrected chi connectivity index (χ4v) is 4.67. The lowest BCUT2D eigenvalue weighted by Crippen LogP contribution is -2.50. The van der Waals surface area contributed by atoms with E-state index in [-0.39, 0.29) is 11.2 Å². The van der Waals surface area contributed by atoms with Crippen molar-refractivity contribution in [1.82, 2.24) is 30.0 Å².